The van der Waals surface area contributed by atoms with E-state index in [1.807, 2.05) is 20.2 Å². The molecule has 1 atom stereocenters. The monoisotopic (exact) mass is 473 g/mol. The van der Waals surface area contributed by atoms with Gasteiger partial charge in [0.2, 0.25) is 0 Å². The maximum atomic E-state index is 13.4. The number of fused-ring (bicyclic) bond motifs is 1. The lowest BCUT2D eigenvalue weighted by Gasteiger charge is -2.26. The number of aromatic amines is 1. The molecule has 1 aromatic carbocycles. The lowest BCUT2D eigenvalue weighted by Crippen LogP contribution is -2.39. The van der Waals surface area contributed by atoms with Crippen molar-refractivity contribution < 1.29 is 14.0 Å². The molecule has 0 saturated carbocycles. The Morgan fingerprint density at radius 2 is 2.21 bits per heavy atom. The Bertz CT molecular complexity index is 1150. The number of anilines is 1. The van der Waals surface area contributed by atoms with Gasteiger partial charge >= 0.3 is 6.03 Å². The Balaban J connectivity index is 1.52. The fourth-order valence-corrected chi connectivity index (χ4v) is 4.25. The van der Waals surface area contributed by atoms with Gasteiger partial charge in [-0.3, -0.25) is 14.6 Å². The number of urea groups is 1. The molecule has 1 aliphatic rings. The summed E-state index contributed by atoms with van der Waals surface area (Å²) in [5, 5.41) is 14.4. The minimum atomic E-state index is -0.553. The highest BCUT2D eigenvalue weighted by Crippen LogP contribution is 2.25. The van der Waals surface area contributed by atoms with Gasteiger partial charge in [-0.25, -0.2) is 9.18 Å². The average Bonchev–Trinajstić information content (AvgIpc) is 3.42. The summed E-state index contributed by atoms with van der Waals surface area (Å²) in [6.07, 6.45) is 3.04. The molecule has 174 valence electrons. The molecule has 4 rings (SSSR count). The van der Waals surface area contributed by atoms with Crippen molar-refractivity contribution in [1.29, 1.82) is 0 Å². The standard InChI is InChI=1S/C22H25ClFN7O2/c1-29(2)10-14(19-5-7-25-27-19)11-31-21(13-32)16-12-30(8-6-20(16)28-31)22(33)26-15-3-4-18(24)17(23)9-15/h3-5,7,9,13-14H,6,8,10-12H2,1-2H3,(H,25,27)(H,26,33). The minimum absolute atomic E-state index is 0.0604. The van der Waals surface area contributed by atoms with Crippen molar-refractivity contribution in [3.05, 3.63) is 63.9 Å². The fraction of sp³-hybridized carbons (Fsp3) is 0.364. The SMILES string of the molecule is CN(C)CC(Cn1nc2c(c1C=O)CN(C(=O)Nc1ccc(F)c(Cl)c1)CC2)c1ccn[nH]1. The number of nitrogens with one attached hydrogen (secondary N) is 2. The van der Waals surface area contributed by atoms with E-state index in [1.165, 1.54) is 18.2 Å². The highest BCUT2D eigenvalue weighted by Gasteiger charge is 2.28. The third-order valence-corrected chi connectivity index (χ3v) is 5.94. The van der Waals surface area contributed by atoms with Gasteiger partial charge in [-0.15, -0.1) is 0 Å². The molecule has 0 spiro atoms. The van der Waals surface area contributed by atoms with Crippen molar-refractivity contribution in [2.75, 3.05) is 32.5 Å². The van der Waals surface area contributed by atoms with E-state index in [2.05, 4.69) is 20.4 Å². The average molecular weight is 474 g/mol. The number of benzene rings is 1. The van der Waals surface area contributed by atoms with Crippen LogP contribution in [-0.4, -0.2) is 69.3 Å². The third-order valence-electron chi connectivity index (χ3n) is 5.66. The quantitative estimate of drug-likeness (QED) is 0.513. The predicted octanol–water partition coefficient (Wildman–Crippen LogP) is 3.15. The Hall–Kier alpha value is -3.24. The summed E-state index contributed by atoms with van der Waals surface area (Å²) >= 11 is 5.80. The molecule has 2 N–H and O–H groups in total. The second-order valence-corrected chi connectivity index (χ2v) is 8.72. The van der Waals surface area contributed by atoms with Crippen molar-refractivity contribution in [2.45, 2.75) is 25.4 Å². The molecule has 1 aliphatic heterocycles. The number of amides is 2. The summed E-state index contributed by atoms with van der Waals surface area (Å²) < 4.78 is 15.1. The first-order valence-corrected chi connectivity index (χ1v) is 10.9. The zero-order chi connectivity index (χ0) is 23.5. The van der Waals surface area contributed by atoms with Gasteiger partial charge < -0.3 is 15.1 Å². The molecular formula is C22H25ClFN7O2. The van der Waals surface area contributed by atoms with Crippen LogP contribution < -0.4 is 5.32 Å². The van der Waals surface area contributed by atoms with E-state index >= 15 is 0 Å². The van der Waals surface area contributed by atoms with Gasteiger partial charge in [0.1, 0.15) is 11.5 Å². The molecule has 0 bridgehead atoms. The van der Waals surface area contributed by atoms with Gasteiger partial charge in [0.25, 0.3) is 0 Å². The number of halogens is 2. The Kier molecular flexibility index (Phi) is 6.75. The molecule has 0 fully saturated rings. The Morgan fingerprint density at radius 3 is 2.88 bits per heavy atom. The van der Waals surface area contributed by atoms with E-state index in [9.17, 15) is 14.0 Å². The molecule has 3 heterocycles. The lowest BCUT2D eigenvalue weighted by molar-refractivity contribution is 0.111. The number of aldehydes is 1. The van der Waals surface area contributed by atoms with Crippen LogP contribution in [0.3, 0.4) is 0 Å². The van der Waals surface area contributed by atoms with Crippen LogP contribution in [0.5, 0.6) is 0 Å². The lowest BCUT2D eigenvalue weighted by atomic mass is 10.0. The summed E-state index contributed by atoms with van der Waals surface area (Å²) in [5.41, 5.74) is 3.40. The number of hydrogen-bond donors (Lipinski definition) is 2. The zero-order valence-corrected chi connectivity index (χ0v) is 19.1. The predicted molar refractivity (Wildman–Crippen MR) is 122 cm³/mol. The number of H-pyrrole nitrogens is 1. The number of carbonyl (C=O) groups is 2. The first-order valence-electron chi connectivity index (χ1n) is 10.5. The van der Waals surface area contributed by atoms with Gasteiger partial charge in [-0.05, 0) is 38.4 Å². The molecule has 11 heteroatoms. The Morgan fingerprint density at radius 1 is 1.39 bits per heavy atom. The number of nitrogens with zero attached hydrogens (tertiary/aromatic N) is 5. The van der Waals surface area contributed by atoms with Gasteiger partial charge in [0.15, 0.2) is 6.29 Å². The molecule has 3 aromatic rings. The molecule has 2 amide bonds. The van der Waals surface area contributed by atoms with E-state index < -0.39 is 5.82 Å². The van der Waals surface area contributed by atoms with E-state index in [1.54, 1.807) is 15.8 Å². The molecule has 33 heavy (non-hydrogen) atoms. The highest BCUT2D eigenvalue weighted by molar-refractivity contribution is 6.31. The Labute approximate surface area is 195 Å². The van der Waals surface area contributed by atoms with Gasteiger partial charge in [0.05, 0.1) is 23.8 Å². The number of rotatable bonds is 7. The van der Waals surface area contributed by atoms with E-state index in [0.717, 1.165) is 29.8 Å². The van der Waals surface area contributed by atoms with Crippen molar-refractivity contribution in [3.63, 3.8) is 0 Å². The molecule has 0 radical (unpaired) electrons. The van der Waals surface area contributed by atoms with Crippen molar-refractivity contribution in [1.82, 2.24) is 29.8 Å². The van der Waals surface area contributed by atoms with Crippen molar-refractivity contribution in [3.8, 4) is 0 Å². The molecule has 0 saturated heterocycles. The van der Waals surface area contributed by atoms with Crippen molar-refractivity contribution >= 4 is 29.6 Å². The second-order valence-electron chi connectivity index (χ2n) is 8.31. The summed E-state index contributed by atoms with van der Waals surface area (Å²) in [6.45, 7) is 1.96. The molecule has 1 unspecified atom stereocenters. The summed E-state index contributed by atoms with van der Waals surface area (Å²) in [6, 6.07) is 5.58. The molecule has 9 nitrogen and oxygen atoms in total. The van der Waals surface area contributed by atoms with E-state index in [-0.39, 0.29) is 23.5 Å². The van der Waals surface area contributed by atoms with Crippen LogP contribution >= 0.6 is 11.6 Å². The van der Waals surface area contributed by atoms with Gasteiger partial charge in [0, 0.05) is 48.6 Å². The number of aromatic nitrogens is 4. The molecule has 0 aliphatic carbocycles. The van der Waals surface area contributed by atoms with Crippen LogP contribution in [0.15, 0.2) is 30.5 Å². The molecular weight excluding hydrogens is 449 g/mol. The summed E-state index contributed by atoms with van der Waals surface area (Å²) in [7, 11) is 3.98. The van der Waals surface area contributed by atoms with Gasteiger partial charge in [-0.1, -0.05) is 11.6 Å². The number of carbonyl (C=O) groups excluding carboxylic acids is 2. The van der Waals surface area contributed by atoms with Crippen LogP contribution in [0.1, 0.15) is 33.4 Å². The second kappa shape index (κ2) is 9.72. The third kappa shape index (κ3) is 5.07. The molecule has 2 aromatic heterocycles. The van der Waals surface area contributed by atoms with Crippen molar-refractivity contribution in [2.24, 2.45) is 0 Å². The topological polar surface area (TPSA) is 99.2 Å². The van der Waals surface area contributed by atoms with Crippen LogP contribution in [0.2, 0.25) is 5.02 Å². The maximum Gasteiger partial charge on any atom is 0.322 e. The fourth-order valence-electron chi connectivity index (χ4n) is 4.07. The van der Waals surface area contributed by atoms with Gasteiger partial charge in [-0.2, -0.15) is 10.2 Å². The minimum Gasteiger partial charge on any atom is -0.320 e. The highest BCUT2D eigenvalue weighted by atomic mass is 35.5. The maximum absolute atomic E-state index is 13.4. The smallest absolute Gasteiger partial charge is 0.320 e. The van der Waals surface area contributed by atoms with Crippen LogP contribution in [0.4, 0.5) is 14.9 Å². The van der Waals surface area contributed by atoms with Crippen LogP contribution in [0.25, 0.3) is 0 Å². The first-order chi connectivity index (χ1) is 15.9. The van der Waals surface area contributed by atoms with E-state index in [0.29, 0.717) is 30.9 Å². The first kappa shape index (κ1) is 22.9. The normalized spacial score (nSPS) is 14.3. The van der Waals surface area contributed by atoms with Crippen LogP contribution in [-0.2, 0) is 19.5 Å². The largest absolute Gasteiger partial charge is 0.322 e. The van der Waals surface area contributed by atoms with E-state index in [4.69, 9.17) is 16.7 Å². The number of hydrogen-bond acceptors (Lipinski definition) is 5. The number of likely N-dealkylation sites (N-methyl/N-ethyl adjacent to an activating group) is 1. The summed E-state index contributed by atoms with van der Waals surface area (Å²) in [4.78, 5) is 28.5. The zero-order valence-electron chi connectivity index (χ0n) is 18.4. The summed E-state index contributed by atoms with van der Waals surface area (Å²) in [5.74, 6) is -0.492. The van der Waals surface area contributed by atoms with Crippen LogP contribution in [0, 0.1) is 5.82 Å².